The zero-order valence-corrected chi connectivity index (χ0v) is 22.5. The standard InChI is InChI=1S/C23H30N4O5S.C2HF3O2/c1-31-18-5-7-20(8-6-18)33(29,30)26-21-15-17(23(28)25-16-19-3-2-14-32-19)4-9-22(21)27-12-10-24-11-13-27;3-2(4,5)1(6)7/h4-9,15,19,24,26H,2-3,10-14,16H2,1H3,(H,25,28);(H,6,7). The van der Waals surface area contributed by atoms with Gasteiger partial charge in [0.1, 0.15) is 5.75 Å². The largest absolute Gasteiger partial charge is 0.497 e. The second-order valence-corrected chi connectivity index (χ2v) is 10.6. The van der Waals surface area contributed by atoms with Crippen LogP contribution >= 0.6 is 0 Å². The van der Waals surface area contributed by atoms with Crippen LogP contribution in [0.1, 0.15) is 23.2 Å². The van der Waals surface area contributed by atoms with Crippen LogP contribution in [0.2, 0.25) is 0 Å². The lowest BCUT2D eigenvalue weighted by atomic mass is 10.1. The van der Waals surface area contributed by atoms with Gasteiger partial charge in [0.15, 0.2) is 0 Å². The quantitative estimate of drug-likeness (QED) is 0.365. The van der Waals surface area contributed by atoms with E-state index in [0.29, 0.717) is 23.5 Å². The highest BCUT2D eigenvalue weighted by Crippen LogP contribution is 2.30. The Morgan fingerprint density at radius 2 is 1.80 bits per heavy atom. The zero-order valence-electron chi connectivity index (χ0n) is 21.7. The molecule has 4 rings (SSSR count). The summed E-state index contributed by atoms with van der Waals surface area (Å²) in [5.74, 6) is -2.45. The summed E-state index contributed by atoms with van der Waals surface area (Å²) in [5.41, 5.74) is 1.50. The molecule has 2 aliphatic rings. The van der Waals surface area contributed by atoms with Gasteiger partial charge in [-0.15, -0.1) is 0 Å². The molecule has 0 bridgehead atoms. The van der Waals surface area contributed by atoms with Crippen molar-refractivity contribution in [2.75, 3.05) is 56.1 Å². The van der Waals surface area contributed by atoms with Crippen LogP contribution < -0.4 is 25.0 Å². The number of carboxylic acids is 1. The Morgan fingerprint density at radius 3 is 2.35 bits per heavy atom. The van der Waals surface area contributed by atoms with Crippen molar-refractivity contribution in [3.63, 3.8) is 0 Å². The third-order valence-corrected chi connectivity index (χ3v) is 7.47. The molecule has 4 N–H and O–H groups in total. The molecule has 1 atom stereocenters. The smallest absolute Gasteiger partial charge is 0.490 e. The van der Waals surface area contributed by atoms with E-state index >= 15 is 0 Å². The monoisotopic (exact) mass is 588 g/mol. The third kappa shape index (κ3) is 8.72. The number of carbonyl (C=O) groups is 2. The molecule has 220 valence electrons. The van der Waals surface area contributed by atoms with Crippen LogP contribution in [0.5, 0.6) is 5.75 Å². The van der Waals surface area contributed by atoms with Crippen LogP contribution in [0.25, 0.3) is 0 Å². The molecule has 0 spiro atoms. The Morgan fingerprint density at radius 1 is 1.15 bits per heavy atom. The number of sulfonamides is 1. The maximum Gasteiger partial charge on any atom is 0.490 e. The highest BCUT2D eigenvalue weighted by molar-refractivity contribution is 7.92. The van der Waals surface area contributed by atoms with E-state index in [4.69, 9.17) is 19.4 Å². The first-order chi connectivity index (χ1) is 18.9. The van der Waals surface area contributed by atoms with Gasteiger partial charge in [0.25, 0.3) is 15.9 Å². The average Bonchev–Trinajstić information content (AvgIpc) is 3.46. The minimum atomic E-state index is -5.08. The number of hydrogen-bond donors (Lipinski definition) is 4. The predicted octanol–water partition coefficient (Wildman–Crippen LogP) is 2.45. The van der Waals surface area contributed by atoms with Crippen LogP contribution in [-0.2, 0) is 19.6 Å². The van der Waals surface area contributed by atoms with E-state index in [1.807, 2.05) is 0 Å². The van der Waals surface area contributed by atoms with E-state index in [2.05, 4.69) is 20.3 Å². The van der Waals surface area contributed by atoms with Crippen molar-refractivity contribution in [3.05, 3.63) is 48.0 Å². The summed E-state index contributed by atoms with van der Waals surface area (Å²) < 4.78 is 71.3. The number of piperazine rings is 1. The van der Waals surface area contributed by atoms with Crippen molar-refractivity contribution in [1.29, 1.82) is 0 Å². The molecule has 2 fully saturated rings. The van der Waals surface area contributed by atoms with Crippen LogP contribution in [-0.4, -0.2) is 84.1 Å². The van der Waals surface area contributed by atoms with Gasteiger partial charge in [0, 0.05) is 44.9 Å². The van der Waals surface area contributed by atoms with Gasteiger partial charge in [-0.25, -0.2) is 13.2 Å². The summed E-state index contributed by atoms with van der Waals surface area (Å²) in [6.07, 6.45) is -3.13. The van der Waals surface area contributed by atoms with Crippen molar-refractivity contribution in [3.8, 4) is 5.75 Å². The fraction of sp³-hybridized carbons (Fsp3) is 0.440. The van der Waals surface area contributed by atoms with Gasteiger partial charge in [-0.05, 0) is 55.3 Å². The van der Waals surface area contributed by atoms with Crippen LogP contribution in [0.15, 0.2) is 47.4 Å². The number of aliphatic carboxylic acids is 1. The molecule has 2 aromatic rings. The highest BCUT2D eigenvalue weighted by atomic mass is 32.2. The Bertz CT molecular complexity index is 1260. The topological polar surface area (TPSA) is 146 Å². The summed E-state index contributed by atoms with van der Waals surface area (Å²) in [5, 5.41) is 13.3. The number of ether oxygens (including phenoxy) is 2. The second-order valence-electron chi connectivity index (χ2n) is 8.90. The number of alkyl halides is 3. The normalized spacial score (nSPS) is 17.4. The SMILES string of the molecule is COc1ccc(S(=O)(=O)Nc2cc(C(=O)NCC3CCCO3)ccc2N2CCNCC2)cc1.O=C(O)C(F)(F)F. The fourth-order valence-electron chi connectivity index (χ4n) is 4.01. The van der Waals surface area contributed by atoms with E-state index in [9.17, 15) is 26.4 Å². The number of rotatable bonds is 8. The van der Waals surface area contributed by atoms with E-state index < -0.39 is 22.2 Å². The van der Waals surface area contributed by atoms with Gasteiger partial charge in [0.05, 0.1) is 29.5 Å². The van der Waals surface area contributed by atoms with E-state index in [0.717, 1.165) is 51.3 Å². The number of anilines is 2. The highest BCUT2D eigenvalue weighted by Gasteiger charge is 2.38. The first-order valence-electron chi connectivity index (χ1n) is 12.4. The minimum absolute atomic E-state index is 0.0297. The molecule has 2 heterocycles. The van der Waals surface area contributed by atoms with Gasteiger partial charge in [-0.1, -0.05) is 0 Å². The van der Waals surface area contributed by atoms with E-state index in [-0.39, 0.29) is 16.9 Å². The molecular weight excluding hydrogens is 557 g/mol. The lowest BCUT2D eigenvalue weighted by molar-refractivity contribution is -0.192. The molecule has 0 aromatic heterocycles. The van der Waals surface area contributed by atoms with Gasteiger partial charge in [-0.2, -0.15) is 13.2 Å². The number of methoxy groups -OCH3 is 1. The van der Waals surface area contributed by atoms with Gasteiger partial charge < -0.3 is 30.1 Å². The number of amides is 1. The van der Waals surface area contributed by atoms with Gasteiger partial charge in [0.2, 0.25) is 0 Å². The van der Waals surface area contributed by atoms with E-state index in [1.54, 1.807) is 30.3 Å². The molecule has 0 saturated carbocycles. The van der Waals surface area contributed by atoms with Gasteiger partial charge in [-0.3, -0.25) is 9.52 Å². The average molecular weight is 589 g/mol. The molecule has 2 aromatic carbocycles. The Balaban J connectivity index is 0.000000559. The minimum Gasteiger partial charge on any atom is -0.497 e. The first kappa shape index (κ1) is 31.0. The Hall–Kier alpha value is -3.56. The van der Waals surface area contributed by atoms with Gasteiger partial charge >= 0.3 is 12.1 Å². The van der Waals surface area contributed by atoms with Crippen LogP contribution in [0.3, 0.4) is 0 Å². The van der Waals surface area contributed by atoms with Crippen LogP contribution in [0, 0.1) is 0 Å². The van der Waals surface area contributed by atoms with Crippen LogP contribution in [0.4, 0.5) is 24.5 Å². The number of benzene rings is 2. The molecule has 40 heavy (non-hydrogen) atoms. The number of carboxylic acid groups (broad SMARTS) is 1. The molecular formula is C25H31F3N4O7S. The molecule has 15 heteroatoms. The number of carbonyl (C=O) groups excluding carboxylic acids is 1. The Kier molecular flexibility index (Phi) is 10.6. The molecule has 0 radical (unpaired) electrons. The summed E-state index contributed by atoms with van der Waals surface area (Å²) in [7, 11) is -2.34. The fourth-order valence-corrected chi connectivity index (χ4v) is 5.08. The molecule has 1 amide bonds. The molecule has 2 aliphatic heterocycles. The second kappa shape index (κ2) is 13.7. The zero-order chi connectivity index (χ0) is 29.3. The number of halogens is 3. The lowest BCUT2D eigenvalue weighted by Gasteiger charge is -2.31. The third-order valence-electron chi connectivity index (χ3n) is 6.09. The number of nitrogens with zero attached hydrogens (tertiary/aromatic N) is 1. The Labute approximate surface area is 229 Å². The van der Waals surface area contributed by atoms with Crippen molar-refractivity contribution in [1.82, 2.24) is 10.6 Å². The predicted molar refractivity (Wildman–Crippen MR) is 140 cm³/mol. The maximum absolute atomic E-state index is 13.1. The molecule has 11 nitrogen and oxygen atoms in total. The summed E-state index contributed by atoms with van der Waals surface area (Å²) in [6.45, 7) is 4.23. The first-order valence-corrected chi connectivity index (χ1v) is 13.9. The molecule has 0 aliphatic carbocycles. The molecule has 2 saturated heterocycles. The van der Waals surface area contributed by atoms with Crippen molar-refractivity contribution < 1.29 is 45.8 Å². The summed E-state index contributed by atoms with van der Waals surface area (Å²) in [6, 6.07) is 11.3. The summed E-state index contributed by atoms with van der Waals surface area (Å²) in [4.78, 5) is 23.9. The molecule has 1 unspecified atom stereocenters. The lowest BCUT2D eigenvalue weighted by Crippen LogP contribution is -2.43. The van der Waals surface area contributed by atoms with Crippen molar-refractivity contribution in [2.45, 2.75) is 30.0 Å². The number of hydrogen-bond acceptors (Lipinski definition) is 8. The maximum atomic E-state index is 13.1. The number of nitrogens with one attached hydrogen (secondary N) is 3. The van der Waals surface area contributed by atoms with Crippen molar-refractivity contribution in [2.24, 2.45) is 0 Å². The summed E-state index contributed by atoms with van der Waals surface area (Å²) >= 11 is 0. The van der Waals surface area contributed by atoms with E-state index in [1.165, 1.54) is 19.2 Å². The van der Waals surface area contributed by atoms with Crippen molar-refractivity contribution >= 4 is 33.3 Å².